The first-order valence-corrected chi connectivity index (χ1v) is 8.98. The van der Waals surface area contributed by atoms with Crippen molar-refractivity contribution in [3.63, 3.8) is 0 Å². The number of benzene rings is 2. The Morgan fingerprint density at radius 3 is 2.42 bits per heavy atom. The second-order valence-electron chi connectivity index (χ2n) is 6.37. The van der Waals surface area contributed by atoms with Crippen molar-refractivity contribution in [2.75, 3.05) is 5.73 Å². The van der Waals surface area contributed by atoms with Crippen molar-refractivity contribution in [2.45, 2.75) is 20.4 Å². The van der Waals surface area contributed by atoms with E-state index in [-0.39, 0.29) is 0 Å². The van der Waals surface area contributed by atoms with Crippen LogP contribution in [0.3, 0.4) is 0 Å². The summed E-state index contributed by atoms with van der Waals surface area (Å²) in [7, 11) is 0. The van der Waals surface area contributed by atoms with Crippen LogP contribution in [0, 0.1) is 6.92 Å². The smallest absolute Gasteiger partial charge is 0.246 e. The third-order valence-corrected chi connectivity index (χ3v) is 4.90. The number of nitrogen functional groups attached to an aromatic ring is 1. The molecule has 4 nitrogen and oxygen atoms in total. The molecule has 0 bridgehead atoms. The summed E-state index contributed by atoms with van der Waals surface area (Å²) >= 11 is 6.07. The predicted molar refractivity (Wildman–Crippen MR) is 107 cm³/mol. The largest absolute Gasteiger partial charge is 0.369 e. The van der Waals surface area contributed by atoms with E-state index in [9.17, 15) is 0 Å². The summed E-state index contributed by atoms with van der Waals surface area (Å²) in [6.45, 7) is 5.00. The van der Waals surface area contributed by atoms with Gasteiger partial charge in [-0.05, 0) is 43.7 Å². The van der Waals surface area contributed by atoms with Gasteiger partial charge in [0.25, 0.3) is 0 Å². The number of rotatable bonds is 3. The Labute approximate surface area is 157 Å². The zero-order valence-electron chi connectivity index (χ0n) is 14.8. The van der Waals surface area contributed by atoms with E-state index in [1.165, 1.54) is 5.56 Å². The molecule has 2 aromatic carbocycles. The molecule has 0 saturated heterocycles. The van der Waals surface area contributed by atoms with Crippen LogP contribution in [0.5, 0.6) is 0 Å². The highest BCUT2D eigenvalue weighted by atomic mass is 35.5. The Bertz CT molecular complexity index is 1080. The molecule has 0 radical (unpaired) electrons. The lowest BCUT2D eigenvalue weighted by atomic mass is 10.1. The maximum Gasteiger partial charge on any atom is 0.246 e. The second kappa shape index (κ2) is 6.46. The minimum absolute atomic E-state index is 0.528. The van der Waals surface area contributed by atoms with Gasteiger partial charge in [0.15, 0.2) is 0 Å². The fourth-order valence-electron chi connectivity index (χ4n) is 3.26. The molecule has 0 fully saturated rings. The molecule has 0 amide bonds. The molecular formula is C21H20ClN4+. The summed E-state index contributed by atoms with van der Waals surface area (Å²) in [5.41, 5.74) is 11.8. The molecule has 130 valence electrons. The van der Waals surface area contributed by atoms with Crippen LogP contribution in [-0.2, 0) is 6.54 Å². The molecule has 0 aliphatic rings. The average molecular weight is 364 g/mol. The lowest BCUT2D eigenvalue weighted by molar-refractivity contribution is -0.672. The van der Waals surface area contributed by atoms with Crippen LogP contribution in [0.25, 0.3) is 27.8 Å². The van der Waals surface area contributed by atoms with E-state index < -0.39 is 0 Å². The van der Waals surface area contributed by atoms with E-state index in [1.807, 2.05) is 24.3 Å². The van der Waals surface area contributed by atoms with Gasteiger partial charge < -0.3 is 5.73 Å². The molecule has 5 heteroatoms. The normalized spacial score (nSPS) is 11.2. The molecule has 4 rings (SSSR count). The van der Waals surface area contributed by atoms with Gasteiger partial charge in [-0.1, -0.05) is 46.4 Å². The highest BCUT2D eigenvalue weighted by Crippen LogP contribution is 2.34. The fourth-order valence-corrected chi connectivity index (χ4v) is 3.39. The van der Waals surface area contributed by atoms with Gasteiger partial charge in [0.05, 0.1) is 12.7 Å². The molecule has 26 heavy (non-hydrogen) atoms. The maximum atomic E-state index is 6.30. The summed E-state index contributed by atoms with van der Waals surface area (Å²) in [5, 5.41) is 1.67. The molecule has 0 aliphatic carbocycles. The van der Waals surface area contributed by atoms with Gasteiger partial charge in [-0.3, -0.25) is 0 Å². The molecule has 0 atom stereocenters. The number of anilines is 1. The van der Waals surface area contributed by atoms with Gasteiger partial charge in [0, 0.05) is 10.6 Å². The molecule has 2 heterocycles. The van der Waals surface area contributed by atoms with Gasteiger partial charge >= 0.3 is 0 Å². The zero-order chi connectivity index (χ0) is 18.3. The van der Waals surface area contributed by atoms with Crippen LogP contribution in [0.15, 0.2) is 61.1 Å². The van der Waals surface area contributed by atoms with Crippen LogP contribution < -0.4 is 10.3 Å². The number of hydrogen-bond donors (Lipinski definition) is 1. The first kappa shape index (κ1) is 16.6. The Morgan fingerprint density at radius 2 is 1.77 bits per heavy atom. The van der Waals surface area contributed by atoms with E-state index in [4.69, 9.17) is 17.3 Å². The monoisotopic (exact) mass is 363 g/mol. The number of fused-ring (bicyclic) bond motifs is 1. The summed E-state index contributed by atoms with van der Waals surface area (Å²) < 4.78 is 4.30. The van der Waals surface area contributed by atoms with Crippen molar-refractivity contribution in [1.82, 2.24) is 9.55 Å². The number of hydrogen-bond acceptors (Lipinski definition) is 2. The van der Waals surface area contributed by atoms with Gasteiger partial charge in [-0.2, -0.15) is 0 Å². The summed E-state index contributed by atoms with van der Waals surface area (Å²) in [5.74, 6) is 0.528. The Kier molecular flexibility index (Phi) is 4.13. The predicted octanol–water partition coefficient (Wildman–Crippen LogP) is 4.54. The van der Waals surface area contributed by atoms with Crippen LogP contribution in [0.4, 0.5) is 5.82 Å². The van der Waals surface area contributed by atoms with E-state index >= 15 is 0 Å². The molecule has 4 aromatic rings. The van der Waals surface area contributed by atoms with Crippen molar-refractivity contribution >= 4 is 28.5 Å². The van der Waals surface area contributed by atoms with Crippen molar-refractivity contribution in [1.29, 1.82) is 0 Å². The van der Waals surface area contributed by atoms with Crippen molar-refractivity contribution in [3.05, 3.63) is 71.6 Å². The van der Waals surface area contributed by atoms with E-state index in [0.717, 1.165) is 34.4 Å². The highest BCUT2D eigenvalue weighted by Gasteiger charge is 2.23. The third-order valence-electron chi connectivity index (χ3n) is 4.65. The molecule has 0 spiro atoms. The molecular weight excluding hydrogens is 344 g/mol. The van der Waals surface area contributed by atoms with Crippen molar-refractivity contribution in [3.8, 4) is 16.8 Å². The topological polar surface area (TPSA) is 47.7 Å². The Hall–Kier alpha value is -2.85. The Morgan fingerprint density at radius 1 is 1.08 bits per heavy atom. The van der Waals surface area contributed by atoms with E-state index in [0.29, 0.717) is 10.8 Å². The number of halogens is 1. The van der Waals surface area contributed by atoms with Gasteiger partial charge in [-0.25, -0.2) is 9.13 Å². The van der Waals surface area contributed by atoms with Gasteiger partial charge in [0.1, 0.15) is 11.1 Å². The van der Waals surface area contributed by atoms with Crippen LogP contribution in [0.2, 0.25) is 5.02 Å². The number of aromatic nitrogens is 3. The SMILES string of the molecule is CC[n+]1cnc(N)c2c(-c3ccc(Cl)cc3)cn(-c3ccc(C)cc3)c21. The number of nitrogens with zero attached hydrogens (tertiary/aromatic N) is 3. The molecule has 0 aliphatic heterocycles. The maximum absolute atomic E-state index is 6.30. The lowest BCUT2D eigenvalue weighted by Crippen LogP contribution is -2.35. The first-order chi connectivity index (χ1) is 12.6. The summed E-state index contributed by atoms with van der Waals surface area (Å²) in [4.78, 5) is 4.40. The summed E-state index contributed by atoms with van der Waals surface area (Å²) in [6.07, 6.45) is 3.93. The van der Waals surface area contributed by atoms with Crippen LogP contribution in [-0.4, -0.2) is 9.55 Å². The first-order valence-electron chi connectivity index (χ1n) is 8.60. The van der Waals surface area contributed by atoms with E-state index in [1.54, 1.807) is 6.33 Å². The molecule has 2 aromatic heterocycles. The minimum Gasteiger partial charge on any atom is -0.369 e. The highest BCUT2D eigenvalue weighted by molar-refractivity contribution is 6.30. The Balaban J connectivity index is 2.07. The zero-order valence-corrected chi connectivity index (χ0v) is 15.5. The average Bonchev–Trinajstić information content (AvgIpc) is 3.05. The lowest BCUT2D eigenvalue weighted by Gasteiger charge is -2.05. The van der Waals surface area contributed by atoms with Gasteiger partial charge in [-0.15, -0.1) is 0 Å². The molecule has 0 saturated carbocycles. The summed E-state index contributed by atoms with van der Waals surface area (Å²) in [6, 6.07) is 16.3. The minimum atomic E-state index is 0.528. The van der Waals surface area contributed by atoms with Crippen LogP contribution in [0.1, 0.15) is 12.5 Å². The standard InChI is InChI=1S/C21H19ClN4/c1-3-25-13-24-20(23)19-18(15-6-8-16(22)9-7-15)12-26(21(19)25)17-10-4-14(2)5-11-17/h4-13,23H,3H2,1-2H3/p+1. The van der Waals surface area contributed by atoms with Gasteiger partial charge in [0.2, 0.25) is 17.8 Å². The van der Waals surface area contributed by atoms with Crippen LogP contribution >= 0.6 is 11.6 Å². The quantitative estimate of drug-likeness (QED) is 0.543. The molecule has 0 unspecified atom stereocenters. The second-order valence-corrected chi connectivity index (χ2v) is 6.81. The molecule has 2 N–H and O–H groups in total. The van der Waals surface area contributed by atoms with Crippen molar-refractivity contribution in [2.24, 2.45) is 0 Å². The number of nitrogens with two attached hydrogens (primary N) is 1. The van der Waals surface area contributed by atoms with Crippen molar-refractivity contribution < 1.29 is 4.57 Å². The third kappa shape index (κ3) is 2.72. The van der Waals surface area contributed by atoms with E-state index in [2.05, 4.69) is 58.4 Å². The fraction of sp³-hybridized carbons (Fsp3) is 0.143. The number of aryl methyl sites for hydroxylation is 2.